The Morgan fingerprint density at radius 2 is 1.27 bits per heavy atom. The summed E-state index contributed by atoms with van der Waals surface area (Å²) in [7, 11) is 0. The molecule has 0 spiro atoms. The number of hydrogen-bond acceptors (Lipinski definition) is 4. The number of aromatic nitrogens is 3. The molecule has 132 valence electrons. The molecule has 4 nitrogen and oxygen atoms in total. The fourth-order valence-corrected chi connectivity index (χ4v) is 3.67. The highest BCUT2D eigenvalue weighted by atomic mass is 35.5. The van der Waals surface area contributed by atoms with Gasteiger partial charge in [-0.3, -0.25) is 0 Å². The molecule has 0 atom stereocenters. The van der Waals surface area contributed by atoms with Crippen LogP contribution in [0.5, 0.6) is 0 Å². The summed E-state index contributed by atoms with van der Waals surface area (Å²) in [5.74, 6) is 0.649. The van der Waals surface area contributed by atoms with Crippen molar-refractivity contribution in [2.24, 2.45) is 0 Å². The highest BCUT2D eigenvalue weighted by Crippen LogP contribution is 2.36. The minimum atomic E-state index is 0.614. The first kappa shape index (κ1) is 17.3. The van der Waals surface area contributed by atoms with Crippen molar-refractivity contribution in [3.8, 4) is 22.5 Å². The van der Waals surface area contributed by atoms with Gasteiger partial charge in [0, 0.05) is 24.2 Å². The van der Waals surface area contributed by atoms with Gasteiger partial charge in [0.15, 0.2) is 0 Å². The molecule has 6 heteroatoms. The Balaban J connectivity index is 1.89. The Kier molecular flexibility index (Phi) is 5.05. The summed E-state index contributed by atoms with van der Waals surface area (Å²) >= 11 is 12.9. The molecule has 0 bridgehead atoms. The zero-order chi connectivity index (χ0) is 17.9. The number of benzene rings is 2. The predicted molar refractivity (Wildman–Crippen MR) is 107 cm³/mol. The molecule has 1 fully saturated rings. The van der Waals surface area contributed by atoms with E-state index in [2.05, 4.69) is 15.1 Å². The Bertz CT molecular complexity index is 923. The van der Waals surface area contributed by atoms with E-state index in [-0.39, 0.29) is 0 Å². The summed E-state index contributed by atoms with van der Waals surface area (Å²) in [5.41, 5.74) is 2.98. The first-order valence-electron chi connectivity index (χ1n) is 8.73. The van der Waals surface area contributed by atoms with Gasteiger partial charge in [-0.1, -0.05) is 59.6 Å². The number of nitrogens with zero attached hydrogens (tertiary/aromatic N) is 4. The molecule has 0 radical (unpaired) electrons. The maximum atomic E-state index is 6.46. The number of hydrogen-bond donors (Lipinski definition) is 0. The van der Waals surface area contributed by atoms with E-state index in [9.17, 15) is 0 Å². The van der Waals surface area contributed by atoms with E-state index in [4.69, 9.17) is 28.2 Å². The van der Waals surface area contributed by atoms with Gasteiger partial charge in [0.05, 0.1) is 10.0 Å². The summed E-state index contributed by atoms with van der Waals surface area (Å²) in [6, 6.07) is 15.2. The lowest BCUT2D eigenvalue weighted by molar-refractivity contribution is 0.565. The topological polar surface area (TPSA) is 41.9 Å². The molecule has 26 heavy (non-hydrogen) atoms. The van der Waals surface area contributed by atoms with Crippen molar-refractivity contribution < 1.29 is 0 Å². The second kappa shape index (κ2) is 7.60. The molecule has 1 aliphatic rings. The number of anilines is 1. The van der Waals surface area contributed by atoms with E-state index < -0.39 is 0 Å². The summed E-state index contributed by atoms with van der Waals surface area (Å²) in [6.07, 6.45) is 3.55. The number of piperidine rings is 1. The largest absolute Gasteiger partial charge is 0.340 e. The van der Waals surface area contributed by atoms with E-state index in [1.165, 1.54) is 6.42 Å². The third-order valence-electron chi connectivity index (χ3n) is 4.57. The van der Waals surface area contributed by atoms with Crippen molar-refractivity contribution in [3.05, 3.63) is 58.6 Å². The SMILES string of the molecule is Clc1ccccc1-c1nnc(N2CCCCC2)nc1-c1ccccc1Cl. The Labute approximate surface area is 162 Å². The molecular weight excluding hydrogens is 367 g/mol. The standard InChI is InChI=1S/C20H18Cl2N4/c21-16-10-4-2-8-14(16)18-19(15-9-3-5-11-17(15)22)24-25-20(23-18)26-12-6-1-7-13-26/h2-5,8-11H,1,6-7,12-13H2. The van der Waals surface area contributed by atoms with Gasteiger partial charge in [0.1, 0.15) is 11.4 Å². The van der Waals surface area contributed by atoms with Gasteiger partial charge in [-0.2, -0.15) is 0 Å². The van der Waals surface area contributed by atoms with Crippen LogP contribution in [0, 0.1) is 0 Å². The van der Waals surface area contributed by atoms with Crippen molar-refractivity contribution >= 4 is 29.2 Å². The second-order valence-corrected chi connectivity index (χ2v) is 7.13. The maximum absolute atomic E-state index is 6.46. The van der Waals surface area contributed by atoms with Crippen LogP contribution >= 0.6 is 23.2 Å². The molecular formula is C20H18Cl2N4. The van der Waals surface area contributed by atoms with Crippen LogP contribution in [-0.4, -0.2) is 28.3 Å². The highest BCUT2D eigenvalue weighted by Gasteiger charge is 2.20. The van der Waals surface area contributed by atoms with Gasteiger partial charge in [-0.15, -0.1) is 10.2 Å². The molecule has 2 heterocycles. The molecule has 0 unspecified atom stereocenters. The van der Waals surface area contributed by atoms with Crippen LogP contribution in [0.4, 0.5) is 5.95 Å². The second-order valence-electron chi connectivity index (χ2n) is 6.32. The van der Waals surface area contributed by atoms with Crippen LogP contribution in [-0.2, 0) is 0 Å². The van der Waals surface area contributed by atoms with E-state index in [0.717, 1.165) is 37.1 Å². The van der Waals surface area contributed by atoms with Crippen LogP contribution in [0.3, 0.4) is 0 Å². The van der Waals surface area contributed by atoms with Gasteiger partial charge in [-0.05, 0) is 31.4 Å². The van der Waals surface area contributed by atoms with E-state index in [1.807, 2.05) is 48.5 Å². The summed E-state index contributed by atoms with van der Waals surface area (Å²) in [5, 5.41) is 10.1. The molecule has 2 aromatic carbocycles. The summed E-state index contributed by atoms with van der Waals surface area (Å²) in [4.78, 5) is 7.04. The van der Waals surface area contributed by atoms with Crippen molar-refractivity contribution in [2.75, 3.05) is 18.0 Å². The smallest absolute Gasteiger partial charge is 0.245 e. The van der Waals surface area contributed by atoms with Gasteiger partial charge >= 0.3 is 0 Å². The average molecular weight is 385 g/mol. The molecule has 4 rings (SSSR count). The molecule has 1 aromatic heterocycles. The maximum Gasteiger partial charge on any atom is 0.245 e. The zero-order valence-electron chi connectivity index (χ0n) is 14.2. The van der Waals surface area contributed by atoms with Gasteiger partial charge in [-0.25, -0.2) is 4.98 Å². The van der Waals surface area contributed by atoms with Crippen LogP contribution in [0.15, 0.2) is 48.5 Å². The molecule has 0 amide bonds. The molecule has 1 saturated heterocycles. The lowest BCUT2D eigenvalue weighted by atomic mass is 10.0. The molecule has 0 saturated carbocycles. The summed E-state index contributed by atoms with van der Waals surface area (Å²) < 4.78 is 0. The molecule has 1 aliphatic heterocycles. The Hall–Kier alpha value is -2.17. The average Bonchev–Trinajstić information content (AvgIpc) is 2.69. The quantitative estimate of drug-likeness (QED) is 0.597. The molecule has 0 N–H and O–H groups in total. The van der Waals surface area contributed by atoms with Crippen LogP contribution in [0.1, 0.15) is 19.3 Å². The van der Waals surface area contributed by atoms with Gasteiger partial charge in [0.25, 0.3) is 0 Å². The monoisotopic (exact) mass is 384 g/mol. The van der Waals surface area contributed by atoms with Gasteiger partial charge in [0.2, 0.25) is 5.95 Å². The first-order valence-corrected chi connectivity index (χ1v) is 9.49. The van der Waals surface area contributed by atoms with Crippen molar-refractivity contribution in [2.45, 2.75) is 19.3 Å². The fraction of sp³-hybridized carbons (Fsp3) is 0.250. The minimum Gasteiger partial charge on any atom is -0.340 e. The fourth-order valence-electron chi connectivity index (χ4n) is 3.22. The van der Waals surface area contributed by atoms with Crippen LogP contribution < -0.4 is 4.90 Å². The van der Waals surface area contributed by atoms with Crippen LogP contribution in [0.2, 0.25) is 10.0 Å². The first-order chi connectivity index (χ1) is 12.7. The van der Waals surface area contributed by atoms with Crippen molar-refractivity contribution in [3.63, 3.8) is 0 Å². The number of halogens is 2. The predicted octanol–water partition coefficient (Wildman–Crippen LogP) is 5.50. The lowest BCUT2D eigenvalue weighted by Crippen LogP contribution is -2.31. The van der Waals surface area contributed by atoms with Crippen LogP contribution in [0.25, 0.3) is 22.5 Å². The Morgan fingerprint density at radius 3 is 1.88 bits per heavy atom. The van der Waals surface area contributed by atoms with E-state index in [0.29, 0.717) is 27.4 Å². The van der Waals surface area contributed by atoms with Crippen molar-refractivity contribution in [1.82, 2.24) is 15.2 Å². The normalized spacial score (nSPS) is 14.5. The molecule has 3 aromatic rings. The summed E-state index contributed by atoms with van der Waals surface area (Å²) in [6.45, 7) is 1.91. The zero-order valence-corrected chi connectivity index (χ0v) is 15.7. The highest BCUT2D eigenvalue weighted by molar-refractivity contribution is 6.34. The van der Waals surface area contributed by atoms with E-state index in [1.54, 1.807) is 0 Å². The number of rotatable bonds is 3. The van der Waals surface area contributed by atoms with Crippen molar-refractivity contribution in [1.29, 1.82) is 0 Å². The van der Waals surface area contributed by atoms with Gasteiger partial charge < -0.3 is 4.90 Å². The minimum absolute atomic E-state index is 0.614. The Morgan fingerprint density at radius 1 is 0.692 bits per heavy atom. The molecule has 0 aliphatic carbocycles. The third-order valence-corrected chi connectivity index (χ3v) is 5.23. The third kappa shape index (κ3) is 3.39. The lowest BCUT2D eigenvalue weighted by Gasteiger charge is -2.26. The van der Waals surface area contributed by atoms with E-state index >= 15 is 0 Å².